The second-order valence-electron chi connectivity index (χ2n) is 5.23. The highest BCUT2D eigenvalue weighted by Gasteiger charge is 2.10. The molecule has 0 fully saturated rings. The van der Waals surface area contributed by atoms with Gasteiger partial charge < -0.3 is 15.5 Å². The quantitative estimate of drug-likeness (QED) is 0.581. The van der Waals surface area contributed by atoms with Crippen molar-refractivity contribution in [3.05, 3.63) is 52.3 Å². The van der Waals surface area contributed by atoms with Gasteiger partial charge >= 0.3 is 0 Å². The number of para-hydroxylation sites is 1. The molecule has 0 saturated heterocycles. The Bertz CT molecular complexity index is 705. The summed E-state index contributed by atoms with van der Waals surface area (Å²) in [5.74, 6) is 0.891. The van der Waals surface area contributed by atoms with Crippen molar-refractivity contribution >= 4 is 5.84 Å². The Morgan fingerprint density at radius 3 is 2.62 bits per heavy atom. The van der Waals surface area contributed by atoms with Crippen molar-refractivity contribution in [2.75, 3.05) is 6.61 Å². The van der Waals surface area contributed by atoms with Gasteiger partial charge in [-0.1, -0.05) is 26.0 Å². The fraction of sp³-hybridized carbons (Fsp3) is 0.250. The molecule has 0 bridgehead atoms. The van der Waals surface area contributed by atoms with Crippen molar-refractivity contribution in [2.45, 2.75) is 13.8 Å². The van der Waals surface area contributed by atoms with E-state index in [1.54, 1.807) is 12.1 Å². The van der Waals surface area contributed by atoms with E-state index in [1.807, 2.05) is 24.3 Å². The lowest BCUT2D eigenvalue weighted by atomic mass is 10.1. The molecule has 110 valence electrons. The Labute approximate surface area is 123 Å². The molecule has 1 heterocycles. The van der Waals surface area contributed by atoms with Gasteiger partial charge in [-0.2, -0.15) is 0 Å². The van der Waals surface area contributed by atoms with Crippen LogP contribution in [0.3, 0.4) is 0 Å². The molecule has 0 atom stereocenters. The van der Waals surface area contributed by atoms with Gasteiger partial charge in [-0.05, 0) is 30.2 Å². The summed E-state index contributed by atoms with van der Waals surface area (Å²) in [6.45, 7) is 4.76. The Kier molecular flexibility index (Phi) is 4.42. The lowest BCUT2D eigenvalue weighted by molar-refractivity contribution is 0.272. The van der Waals surface area contributed by atoms with E-state index < -0.39 is 0 Å². The average molecular weight is 285 g/mol. The number of pyridine rings is 1. The summed E-state index contributed by atoms with van der Waals surface area (Å²) < 4.78 is 5.78. The zero-order chi connectivity index (χ0) is 15.4. The van der Waals surface area contributed by atoms with Crippen LogP contribution in [0.25, 0.3) is 11.3 Å². The minimum absolute atomic E-state index is 0.166. The van der Waals surface area contributed by atoms with Crippen LogP contribution in [0.4, 0.5) is 0 Å². The van der Waals surface area contributed by atoms with Crippen LogP contribution < -0.4 is 16.0 Å². The molecule has 0 aliphatic rings. The smallest absolute Gasteiger partial charge is 0.259 e. The molecule has 5 nitrogen and oxygen atoms in total. The predicted octanol–water partition coefficient (Wildman–Crippen LogP) is 2.36. The third-order valence-corrected chi connectivity index (χ3v) is 2.95. The van der Waals surface area contributed by atoms with E-state index in [4.69, 9.17) is 15.9 Å². The number of nitrogen functional groups attached to an aromatic ring is 1. The topological polar surface area (TPSA) is 92.0 Å². The molecule has 0 radical (unpaired) electrons. The van der Waals surface area contributed by atoms with Crippen LogP contribution in [0.2, 0.25) is 0 Å². The molecule has 0 saturated carbocycles. The first-order valence-corrected chi connectivity index (χ1v) is 6.79. The van der Waals surface area contributed by atoms with Crippen LogP contribution in [0.15, 0.2) is 41.2 Å². The summed E-state index contributed by atoms with van der Waals surface area (Å²) in [5, 5.41) is 7.34. The largest absolute Gasteiger partial charge is 0.493 e. The molecular formula is C16H19N3O2. The molecular weight excluding hydrogens is 266 g/mol. The van der Waals surface area contributed by atoms with E-state index in [0.717, 1.165) is 11.3 Å². The maximum absolute atomic E-state index is 11.9. The van der Waals surface area contributed by atoms with Gasteiger partial charge in [0.1, 0.15) is 11.6 Å². The Balaban J connectivity index is 2.40. The third kappa shape index (κ3) is 3.51. The number of nitrogens with two attached hydrogens (primary N) is 1. The molecule has 5 heteroatoms. The molecule has 0 aliphatic carbocycles. The van der Waals surface area contributed by atoms with Gasteiger partial charge in [-0.15, -0.1) is 0 Å². The zero-order valence-electron chi connectivity index (χ0n) is 12.1. The van der Waals surface area contributed by atoms with Crippen LogP contribution in [0, 0.1) is 11.3 Å². The molecule has 21 heavy (non-hydrogen) atoms. The third-order valence-electron chi connectivity index (χ3n) is 2.95. The second-order valence-corrected chi connectivity index (χ2v) is 5.23. The minimum atomic E-state index is -0.376. The summed E-state index contributed by atoms with van der Waals surface area (Å²) >= 11 is 0. The molecule has 1 aromatic carbocycles. The van der Waals surface area contributed by atoms with Gasteiger partial charge in [0.2, 0.25) is 0 Å². The van der Waals surface area contributed by atoms with E-state index in [-0.39, 0.29) is 17.0 Å². The predicted molar refractivity (Wildman–Crippen MR) is 83.8 cm³/mol. The van der Waals surface area contributed by atoms with Crippen molar-refractivity contribution < 1.29 is 4.74 Å². The summed E-state index contributed by atoms with van der Waals surface area (Å²) in [5.41, 5.74) is 6.60. The molecule has 2 aromatic rings. The van der Waals surface area contributed by atoms with Crippen LogP contribution in [-0.4, -0.2) is 17.4 Å². The monoisotopic (exact) mass is 285 g/mol. The summed E-state index contributed by atoms with van der Waals surface area (Å²) in [6, 6.07) is 10.8. The second kappa shape index (κ2) is 6.26. The van der Waals surface area contributed by atoms with E-state index in [2.05, 4.69) is 18.8 Å². The van der Waals surface area contributed by atoms with Gasteiger partial charge in [0.15, 0.2) is 0 Å². The first kappa shape index (κ1) is 14.8. The number of H-pyrrole nitrogens is 1. The van der Waals surface area contributed by atoms with Crippen LogP contribution >= 0.6 is 0 Å². The van der Waals surface area contributed by atoms with E-state index in [1.165, 1.54) is 0 Å². The molecule has 4 N–H and O–H groups in total. The van der Waals surface area contributed by atoms with Gasteiger partial charge in [0, 0.05) is 5.56 Å². The van der Waals surface area contributed by atoms with Crippen LogP contribution in [0.5, 0.6) is 5.75 Å². The van der Waals surface area contributed by atoms with E-state index in [9.17, 15) is 4.79 Å². The molecule has 0 amide bonds. The lowest BCUT2D eigenvalue weighted by Crippen LogP contribution is -2.23. The number of nitrogens with one attached hydrogen (secondary N) is 2. The van der Waals surface area contributed by atoms with Gasteiger partial charge in [-0.25, -0.2) is 0 Å². The molecule has 1 aromatic heterocycles. The first-order chi connectivity index (χ1) is 9.99. The number of aromatic amines is 1. The van der Waals surface area contributed by atoms with Crippen LogP contribution in [0.1, 0.15) is 19.4 Å². The van der Waals surface area contributed by atoms with Gasteiger partial charge in [0.05, 0.1) is 17.9 Å². The molecule has 0 unspecified atom stereocenters. The molecule has 2 rings (SSSR count). The minimum Gasteiger partial charge on any atom is -0.493 e. The fourth-order valence-electron chi connectivity index (χ4n) is 1.91. The fourth-order valence-corrected chi connectivity index (χ4v) is 1.91. The highest BCUT2D eigenvalue weighted by Crippen LogP contribution is 2.28. The zero-order valence-corrected chi connectivity index (χ0v) is 12.1. The summed E-state index contributed by atoms with van der Waals surface area (Å²) in [4.78, 5) is 14.7. The Morgan fingerprint density at radius 2 is 2.00 bits per heavy atom. The highest BCUT2D eigenvalue weighted by atomic mass is 16.5. The molecule has 0 spiro atoms. The Hall–Kier alpha value is -2.56. The normalized spacial score (nSPS) is 10.6. The van der Waals surface area contributed by atoms with Gasteiger partial charge in [0.25, 0.3) is 5.56 Å². The molecule has 0 aliphatic heterocycles. The summed E-state index contributed by atoms with van der Waals surface area (Å²) in [7, 11) is 0. The van der Waals surface area contributed by atoms with E-state index >= 15 is 0 Å². The van der Waals surface area contributed by atoms with Crippen molar-refractivity contribution in [1.29, 1.82) is 5.41 Å². The summed E-state index contributed by atoms with van der Waals surface area (Å²) in [6.07, 6.45) is 0. The number of benzene rings is 1. The number of amidine groups is 1. The standard InChI is InChI=1S/C16H19N3O2/c1-10(2)9-21-14-6-4-3-5-11(14)13-8-7-12(15(17)18)16(20)19-13/h3-8,10H,9H2,1-2H3,(H3,17,18)(H,19,20). The SMILES string of the molecule is CC(C)COc1ccccc1-c1ccc(C(=N)N)c(=O)[nH]1. The Morgan fingerprint density at radius 1 is 1.29 bits per heavy atom. The lowest BCUT2D eigenvalue weighted by Gasteiger charge is -2.13. The van der Waals surface area contributed by atoms with Crippen molar-refractivity contribution in [3.63, 3.8) is 0 Å². The van der Waals surface area contributed by atoms with Crippen molar-refractivity contribution in [3.8, 4) is 17.0 Å². The van der Waals surface area contributed by atoms with Crippen LogP contribution in [-0.2, 0) is 0 Å². The number of hydrogen-bond donors (Lipinski definition) is 3. The maximum atomic E-state index is 11.9. The number of aromatic nitrogens is 1. The number of hydrogen-bond acceptors (Lipinski definition) is 3. The first-order valence-electron chi connectivity index (χ1n) is 6.79. The number of rotatable bonds is 5. The van der Waals surface area contributed by atoms with Crippen molar-refractivity contribution in [1.82, 2.24) is 4.98 Å². The van der Waals surface area contributed by atoms with E-state index in [0.29, 0.717) is 18.2 Å². The van der Waals surface area contributed by atoms with Crippen molar-refractivity contribution in [2.24, 2.45) is 11.7 Å². The number of ether oxygens (including phenoxy) is 1. The highest BCUT2D eigenvalue weighted by molar-refractivity contribution is 5.94. The maximum Gasteiger partial charge on any atom is 0.259 e. The van der Waals surface area contributed by atoms with Gasteiger partial charge in [-0.3, -0.25) is 10.2 Å². The average Bonchev–Trinajstić information content (AvgIpc) is 2.45.